The van der Waals surface area contributed by atoms with Crippen LogP contribution in [0.4, 0.5) is 0 Å². The molecule has 0 bridgehead atoms. The molecular formula is C13H23NO3. The molecule has 0 amide bonds. The number of furan rings is 1. The highest BCUT2D eigenvalue weighted by atomic mass is 16.5. The summed E-state index contributed by atoms with van der Waals surface area (Å²) in [6.07, 6.45) is 0.854. The van der Waals surface area contributed by atoms with E-state index >= 15 is 0 Å². The lowest BCUT2D eigenvalue weighted by Gasteiger charge is -2.22. The maximum absolute atomic E-state index is 5.58. The molecule has 0 spiro atoms. The van der Waals surface area contributed by atoms with E-state index in [1.807, 2.05) is 26.8 Å². The van der Waals surface area contributed by atoms with E-state index in [-0.39, 0.29) is 5.60 Å². The van der Waals surface area contributed by atoms with Gasteiger partial charge in [-0.3, -0.25) is 0 Å². The lowest BCUT2D eigenvalue weighted by Crippen LogP contribution is -2.24. The molecule has 0 radical (unpaired) electrons. The van der Waals surface area contributed by atoms with Crippen molar-refractivity contribution in [2.24, 2.45) is 5.73 Å². The van der Waals surface area contributed by atoms with E-state index in [1.54, 1.807) is 7.11 Å². The quantitative estimate of drug-likeness (QED) is 0.745. The van der Waals surface area contributed by atoms with Crippen LogP contribution >= 0.6 is 0 Å². The van der Waals surface area contributed by atoms with Gasteiger partial charge in [-0.05, 0) is 33.3 Å². The van der Waals surface area contributed by atoms with Gasteiger partial charge in [0.15, 0.2) is 0 Å². The van der Waals surface area contributed by atoms with Crippen LogP contribution in [0.25, 0.3) is 0 Å². The van der Waals surface area contributed by atoms with Crippen LogP contribution in [0.3, 0.4) is 0 Å². The maximum atomic E-state index is 5.58. The summed E-state index contributed by atoms with van der Waals surface area (Å²) in [6, 6.07) is 1.96. The number of rotatable bonds is 7. The Kier molecular flexibility index (Phi) is 5.18. The Morgan fingerprint density at radius 3 is 2.65 bits per heavy atom. The highest BCUT2D eigenvalue weighted by Crippen LogP contribution is 2.16. The predicted octanol–water partition coefficient (Wildman–Crippen LogP) is 2.38. The van der Waals surface area contributed by atoms with Crippen LogP contribution in [-0.4, -0.2) is 19.3 Å². The van der Waals surface area contributed by atoms with Crippen LogP contribution < -0.4 is 5.73 Å². The van der Waals surface area contributed by atoms with Crippen LogP contribution in [0.5, 0.6) is 0 Å². The summed E-state index contributed by atoms with van der Waals surface area (Å²) in [7, 11) is 1.71. The molecule has 98 valence electrons. The summed E-state index contributed by atoms with van der Waals surface area (Å²) >= 11 is 0. The molecule has 0 aromatic carbocycles. The highest BCUT2D eigenvalue weighted by molar-refractivity contribution is 5.19. The van der Waals surface area contributed by atoms with E-state index in [0.29, 0.717) is 19.8 Å². The van der Waals surface area contributed by atoms with Gasteiger partial charge in [0.2, 0.25) is 0 Å². The summed E-state index contributed by atoms with van der Waals surface area (Å²) in [5.41, 5.74) is 6.48. The van der Waals surface area contributed by atoms with E-state index in [1.165, 1.54) is 0 Å². The van der Waals surface area contributed by atoms with Gasteiger partial charge >= 0.3 is 0 Å². The third-order valence-electron chi connectivity index (χ3n) is 2.94. The van der Waals surface area contributed by atoms with Crippen molar-refractivity contribution in [2.75, 3.05) is 13.7 Å². The molecule has 1 rings (SSSR count). The minimum atomic E-state index is -0.137. The van der Waals surface area contributed by atoms with Crippen molar-refractivity contribution in [1.29, 1.82) is 0 Å². The van der Waals surface area contributed by atoms with E-state index in [9.17, 15) is 0 Å². The second-order valence-corrected chi connectivity index (χ2v) is 4.76. The van der Waals surface area contributed by atoms with Crippen LogP contribution in [0.1, 0.15) is 37.4 Å². The van der Waals surface area contributed by atoms with Crippen molar-refractivity contribution >= 4 is 0 Å². The van der Waals surface area contributed by atoms with Crippen molar-refractivity contribution in [3.63, 3.8) is 0 Å². The largest absolute Gasteiger partial charge is 0.464 e. The Labute approximate surface area is 103 Å². The summed E-state index contributed by atoms with van der Waals surface area (Å²) in [5, 5.41) is 0. The maximum Gasteiger partial charge on any atom is 0.130 e. The topological polar surface area (TPSA) is 57.6 Å². The van der Waals surface area contributed by atoms with Gasteiger partial charge in [0.05, 0.1) is 5.60 Å². The van der Waals surface area contributed by atoms with E-state index < -0.39 is 0 Å². The SMILES string of the molecule is COC(C)(C)CCOCc1cc(CN)c(C)o1. The van der Waals surface area contributed by atoms with Gasteiger partial charge < -0.3 is 19.6 Å². The summed E-state index contributed by atoms with van der Waals surface area (Å²) in [5.74, 6) is 1.71. The molecule has 17 heavy (non-hydrogen) atoms. The van der Waals surface area contributed by atoms with Crippen molar-refractivity contribution in [2.45, 2.75) is 45.9 Å². The van der Waals surface area contributed by atoms with Crippen molar-refractivity contribution in [3.05, 3.63) is 23.2 Å². The smallest absolute Gasteiger partial charge is 0.130 e. The molecule has 0 saturated heterocycles. The molecule has 2 N–H and O–H groups in total. The second kappa shape index (κ2) is 6.19. The lowest BCUT2D eigenvalue weighted by molar-refractivity contribution is -0.0143. The molecule has 0 aliphatic rings. The number of aryl methyl sites for hydroxylation is 1. The number of ether oxygens (including phenoxy) is 2. The van der Waals surface area contributed by atoms with Gasteiger partial charge in [0.25, 0.3) is 0 Å². The average Bonchev–Trinajstić information content (AvgIpc) is 2.65. The first-order chi connectivity index (χ1) is 7.98. The Morgan fingerprint density at radius 1 is 1.41 bits per heavy atom. The standard InChI is InChI=1S/C13H23NO3/c1-10-11(8-14)7-12(17-10)9-16-6-5-13(2,3)15-4/h7H,5-6,8-9,14H2,1-4H3. The molecule has 0 fully saturated rings. The Balaban J connectivity index is 2.31. The first-order valence-electron chi connectivity index (χ1n) is 5.89. The number of nitrogens with two attached hydrogens (primary N) is 1. The third kappa shape index (κ3) is 4.50. The predicted molar refractivity (Wildman–Crippen MR) is 66.7 cm³/mol. The summed E-state index contributed by atoms with van der Waals surface area (Å²) < 4.78 is 16.4. The minimum absolute atomic E-state index is 0.137. The minimum Gasteiger partial charge on any atom is -0.464 e. The molecule has 1 heterocycles. The lowest BCUT2D eigenvalue weighted by atomic mass is 10.1. The fourth-order valence-corrected chi connectivity index (χ4v) is 1.45. The Bertz CT molecular complexity index is 344. The zero-order valence-corrected chi connectivity index (χ0v) is 11.2. The molecule has 0 atom stereocenters. The van der Waals surface area contributed by atoms with Crippen LogP contribution in [0, 0.1) is 6.92 Å². The Hall–Kier alpha value is -0.840. The van der Waals surface area contributed by atoms with Gasteiger partial charge in [-0.25, -0.2) is 0 Å². The number of methoxy groups -OCH3 is 1. The summed E-state index contributed by atoms with van der Waals surface area (Å²) in [4.78, 5) is 0. The van der Waals surface area contributed by atoms with Gasteiger partial charge in [0.1, 0.15) is 18.1 Å². The normalized spacial score (nSPS) is 12.1. The van der Waals surface area contributed by atoms with Crippen LogP contribution in [0.2, 0.25) is 0 Å². The Morgan fingerprint density at radius 2 is 2.12 bits per heavy atom. The zero-order valence-electron chi connectivity index (χ0n) is 11.2. The fraction of sp³-hybridized carbons (Fsp3) is 0.692. The van der Waals surface area contributed by atoms with Crippen molar-refractivity contribution in [3.8, 4) is 0 Å². The first kappa shape index (κ1) is 14.2. The third-order valence-corrected chi connectivity index (χ3v) is 2.94. The van der Waals surface area contributed by atoms with Gasteiger partial charge in [0, 0.05) is 25.8 Å². The highest BCUT2D eigenvalue weighted by Gasteiger charge is 2.15. The molecule has 1 aromatic heterocycles. The van der Waals surface area contributed by atoms with E-state index in [4.69, 9.17) is 19.6 Å². The number of hydrogen-bond acceptors (Lipinski definition) is 4. The fourth-order valence-electron chi connectivity index (χ4n) is 1.45. The molecule has 0 unspecified atom stereocenters. The van der Waals surface area contributed by atoms with Gasteiger partial charge in [-0.1, -0.05) is 0 Å². The molecule has 4 nitrogen and oxygen atoms in total. The van der Waals surface area contributed by atoms with Crippen LogP contribution in [-0.2, 0) is 22.6 Å². The van der Waals surface area contributed by atoms with Crippen molar-refractivity contribution < 1.29 is 13.9 Å². The molecular weight excluding hydrogens is 218 g/mol. The molecule has 4 heteroatoms. The molecule has 0 saturated carbocycles. The number of hydrogen-bond donors (Lipinski definition) is 1. The van der Waals surface area contributed by atoms with Gasteiger partial charge in [-0.2, -0.15) is 0 Å². The molecule has 1 aromatic rings. The van der Waals surface area contributed by atoms with E-state index in [0.717, 1.165) is 23.5 Å². The van der Waals surface area contributed by atoms with Crippen LogP contribution in [0.15, 0.2) is 10.5 Å². The first-order valence-corrected chi connectivity index (χ1v) is 5.89. The zero-order chi connectivity index (χ0) is 12.9. The summed E-state index contributed by atoms with van der Waals surface area (Å²) in [6.45, 7) is 7.64. The van der Waals surface area contributed by atoms with Crippen molar-refractivity contribution in [1.82, 2.24) is 0 Å². The van der Waals surface area contributed by atoms with E-state index in [2.05, 4.69) is 0 Å². The average molecular weight is 241 g/mol. The second-order valence-electron chi connectivity index (χ2n) is 4.76. The molecule has 0 aliphatic carbocycles. The monoisotopic (exact) mass is 241 g/mol. The molecule has 0 aliphatic heterocycles. The van der Waals surface area contributed by atoms with Gasteiger partial charge in [-0.15, -0.1) is 0 Å².